The number of benzene rings is 14. The molecule has 2 atom stereocenters. The molecule has 80 heavy (non-hydrogen) atoms. The zero-order chi connectivity index (χ0) is 53.1. The molecular formula is C80H54. The summed E-state index contributed by atoms with van der Waals surface area (Å²) in [5.41, 5.74) is 26.7. The van der Waals surface area contributed by atoms with Gasteiger partial charge in [-0.2, -0.15) is 0 Å². The van der Waals surface area contributed by atoms with Gasteiger partial charge in [-0.05, 0) is 170 Å². The third-order valence-corrected chi connectivity index (χ3v) is 18.2. The number of hydrogen-bond donors (Lipinski definition) is 0. The Hall–Kier alpha value is -9.88. The highest BCUT2D eigenvalue weighted by Crippen LogP contribution is 2.59. The minimum absolute atomic E-state index is 0.538. The van der Waals surface area contributed by atoms with E-state index in [-0.39, 0.29) is 0 Å². The van der Waals surface area contributed by atoms with Crippen molar-refractivity contribution in [1.82, 2.24) is 0 Å². The van der Waals surface area contributed by atoms with Crippen molar-refractivity contribution in [3.63, 3.8) is 0 Å². The first-order valence-corrected chi connectivity index (χ1v) is 28.1. The van der Waals surface area contributed by atoms with Crippen molar-refractivity contribution < 1.29 is 0 Å². The standard InChI is InChI=1S/C80H54/c1-51-21-35-61(36-22-51)79(63-39-25-55(26-40-63)53-13-5-3-6-14-53)73-19-11-9-17-67(73)69-45-33-59(49-75(69)79)65-43-29-57-32-48-72-66(44-30-58-31-47-71(65)77(57)78(58)72)60-34-46-70-68-18-10-12-20-74(68)80(76(70)50-60,62-37-23-52(2)24-38-62)64-41-27-56(28-42-64)54-15-7-4-8-16-54/h3-50H,1-2H3. The van der Waals surface area contributed by atoms with Crippen LogP contribution in [0, 0.1) is 13.8 Å². The van der Waals surface area contributed by atoms with Gasteiger partial charge in [-0.3, -0.25) is 0 Å². The zero-order valence-electron chi connectivity index (χ0n) is 44.7. The molecule has 0 amide bonds. The molecule has 0 radical (unpaired) electrons. The highest BCUT2D eigenvalue weighted by molar-refractivity contribution is 6.27. The van der Waals surface area contributed by atoms with Gasteiger partial charge in [-0.25, -0.2) is 0 Å². The van der Waals surface area contributed by atoms with Crippen LogP contribution in [0.4, 0.5) is 0 Å². The second-order valence-electron chi connectivity index (χ2n) is 22.4. The summed E-state index contributed by atoms with van der Waals surface area (Å²) >= 11 is 0. The van der Waals surface area contributed by atoms with Gasteiger partial charge in [0.25, 0.3) is 0 Å². The average Bonchev–Trinajstić information content (AvgIpc) is 4.13. The van der Waals surface area contributed by atoms with Crippen molar-refractivity contribution >= 4 is 32.3 Å². The molecule has 0 saturated heterocycles. The summed E-state index contributed by atoms with van der Waals surface area (Å²) in [6, 6.07) is 110. The molecule has 0 spiro atoms. The van der Waals surface area contributed by atoms with Gasteiger partial charge in [-0.15, -0.1) is 0 Å². The Labute approximate surface area is 467 Å². The van der Waals surface area contributed by atoms with Crippen LogP contribution in [-0.2, 0) is 10.8 Å². The number of fused-ring (bicyclic) bond motifs is 6. The van der Waals surface area contributed by atoms with Gasteiger partial charge in [0.05, 0.1) is 10.8 Å². The van der Waals surface area contributed by atoms with E-state index in [2.05, 4.69) is 305 Å². The van der Waals surface area contributed by atoms with Crippen LogP contribution in [0.1, 0.15) is 55.6 Å². The first kappa shape index (κ1) is 46.2. The molecule has 16 rings (SSSR count). The van der Waals surface area contributed by atoms with Crippen LogP contribution in [-0.4, -0.2) is 0 Å². The Kier molecular flexibility index (Phi) is 10.3. The second-order valence-corrected chi connectivity index (χ2v) is 22.4. The number of rotatable bonds is 8. The first-order valence-electron chi connectivity index (χ1n) is 28.1. The lowest BCUT2D eigenvalue weighted by molar-refractivity contribution is 0.768. The van der Waals surface area contributed by atoms with Crippen molar-refractivity contribution in [3.8, 4) is 66.8 Å². The Bertz CT molecular complexity index is 4420. The summed E-state index contributed by atoms with van der Waals surface area (Å²) in [6.45, 7) is 4.37. The highest BCUT2D eigenvalue weighted by Gasteiger charge is 2.48. The molecule has 0 aromatic heterocycles. The van der Waals surface area contributed by atoms with E-state index in [0.29, 0.717) is 0 Å². The van der Waals surface area contributed by atoms with Crippen molar-refractivity contribution in [2.75, 3.05) is 0 Å². The van der Waals surface area contributed by atoms with Crippen LogP contribution in [0.15, 0.2) is 291 Å². The Balaban J connectivity index is 0.873. The quantitative estimate of drug-likeness (QED) is 0.133. The molecular weight excluding hydrogens is 961 g/mol. The van der Waals surface area contributed by atoms with E-state index >= 15 is 0 Å². The van der Waals surface area contributed by atoms with E-state index in [4.69, 9.17) is 0 Å². The van der Waals surface area contributed by atoms with Crippen LogP contribution >= 0.6 is 0 Å². The largest absolute Gasteiger partial charge is 0.0713 e. The van der Waals surface area contributed by atoms with Crippen LogP contribution < -0.4 is 0 Å². The van der Waals surface area contributed by atoms with E-state index in [1.165, 1.54) is 155 Å². The molecule has 2 aliphatic carbocycles. The second kappa shape index (κ2) is 17.8. The fraction of sp³-hybridized carbons (Fsp3) is 0.0500. The third kappa shape index (κ3) is 6.69. The van der Waals surface area contributed by atoms with Crippen LogP contribution in [0.3, 0.4) is 0 Å². The Morgan fingerprint density at radius 3 is 0.912 bits per heavy atom. The first-order chi connectivity index (χ1) is 39.5. The molecule has 2 aliphatic rings. The van der Waals surface area contributed by atoms with Crippen molar-refractivity contribution in [2.24, 2.45) is 0 Å². The summed E-state index contributed by atoms with van der Waals surface area (Å²) in [4.78, 5) is 0. The van der Waals surface area contributed by atoms with Gasteiger partial charge in [0.15, 0.2) is 0 Å². The lowest BCUT2D eigenvalue weighted by Crippen LogP contribution is -2.28. The molecule has 14 aromatic carbocycles. The molecule has 0 bridgehead atoms. The van der Waals surface area contributed by atoms with Gasteiger partial charge in [0, 0.05) is 0 Å². The molecule has 374 valence electrons. The van der Waals surface area contributed by atoms with Crippen LogP contribution in [0.25, 0.3) is 99.1 Å². The smallest absolute Gasteiger partial charge is 0.0622 e. The number of aryl methyl sites for hydroxylation is 2. The minimum atomic E-state index is -0.538. The van der Waals surface area contributed by atoms with Crippen molar-refractivity contribution in [3.05, 3.63) is 347 Å². The summed E-state index contributed by atoms with van der Waals surface area (Å²) < 4.78 is 0. The third-order valence-electron chi connectivity index (χ3n) is 18.2. The predicted octanol–water partition coefficient (Wildman–Crippen LogP) is 20.6. The normalized spacial score (nSPS) is 16.0. The monoisotopic (exact) mass is 1010 g/mol. The molecule has 0 N–H and O–H groups in total. The van der Waals surface area contributed by atoms with Gasteiger partial charge >= 0.3 is 0 Å². The summed E-state index contributed by atoms with van der Waals surface area (Å²) in [7, 11) is 0. The zero-order valence-corrected chi connectivity index (χ0v) is 44.7. The molecule has 0 heteroatoms. The average molecular weight is 1020 g/mol. The maximum atomic E-state index is 2.52. The molecule has 0 heterocycles. The lowest BCUT2D eigenvalue weighted by atomic mass is 9.67. The Morgan fingerprint density at radius 1 is 0.212 bits per heavy atom. The molecule has 14 aromatic rings. The fourth-order valence-corrected chi connectivity index (χ4v) is 14.5. The predicted molar refractivity (Wildman–Crippen MR) is 336 cm³/mol. The molecule has 2 unspecified atom stereocenters. The van der Waals surface area contributed by atoms with E-state index < -0.39 is 10.8 Å². The molecule has 0 aliphatic heterocycles. The molecule has 0 fully saturated rings. The van der Waals surface area contributed by atoms with Crippen LogP contribution in [0.2, 0.25) is 0 Å². The topological polar surface area (TPSA) is 0 Å². The summed E-state index contributed by atoms with van der Waals surface area (Å²) in [6.07, 6.45) is 0. The van der Waals surface area contributed by atoms with E-state index in [1.54, 1.807) is 0 Å². The lowest BCUT2D eigenvalue weighted by Gasteiger charge is -2.34. The van der Waals surface area contributed by atoms with Gasteiger partial charge in [-0.1, -0.05) is 290 Å². The highest BCUT2D eigenvalue weighted by atomic mass is 14.5. The van der Waals surface area contributed by atoms with Crippen molar-refractivity contribution in [2.45, 2.75) is 24.7 Å². The SMILES string of the molecule is Cc1ccc(C2(c3ccc(-c4ccccc4)cc3)c3ccccc3-c3ccc(-c4ccc5ccc6c(-c7ccc8c(c7)C(c7ccc(C)cc7)(c7ccc(-c9ccccc9)cc7)c7ccccc7-8)ccc7ccc4c5c76)cc32)cc1. The van der Waals surface area contributed by atoms with Gasteiger partial charge < -0.3 is 0 Å². The van der Waals surface area contributed by atoms with Gasteiger partial charge in [0.1, 0.15) is 0 Å². The molecule has 0 nitrogen and oxygen atoms in total. The Morgan fingerprint density at radius 2 is 0.512 bits per heavy atom. The van der Waals surface area contributed by atoms with Gasteiger partial charge in [0.2, 0.25) is 0 Å². The fourth-order valence-electron chi connectivity index (χ4n) is 14.5. The molecule has 0 saturated carbocycles. The minimum Gasteiger partial charge on any atom is -0.0622 e. The summed E-state index contributed by atoms with van der Waals surface area (Å²) in [5, 5.41) is 7.66. The summed E-state index contributed by atoms with van der Waals surface area (Å²) in [5.74, 6) is 0. The van der Waals surface area contributed by atoms with Crippen molar-refractivity contribution in [1.29, 1.82) is 0 Å². The maximum Gasteiger partial charge on any atom is 0.0713 e. The maximum absolute atomic E-state index is 2.52. The van der Waals surface area contributed by atoms with E-state index in [1.807, 2.05) is 0 Å². The van der Waals surface area contributed by atoms with E-state index in [0.717, 1.165) is 0 Å². The number of hydrogen-bond acceptors (Lipinski definition) is 0. The van der Waals surface area contributed by atoms with E-state index in [9.17, 15) is 0 Å². The van der Waals surface area contributed by atoms with Crippen LogP contribution in [0.5, 0.6) is 0 Å².